The summed E-state index contributed by atoms with van der Waals surface area (Å²) in [6, 6.07) is 25.2. The van der Waals surface area contributed by atoms with Crippen LogP contribution in [0.3, 0.4) is 0 Å². The predicted octanol–water partition coefficient (Wildman–Crippen LogP) is 3.64. The van der Waals surface area contributed by atoms with Crippen LogP contribution in [0.25, 0.3) is 11.1 Å². The number of carbonyl (C=O) groups excluding carboxylic acids is 1. The standard InChI is InChI=1S/C25H23NO3/c1-3-22(27)23(24(28)29-2)26-25(17-11-5-4-6-12-17)20-15-9-7-13-18(20)19-14-8-10-16-21(19)25/h3-16,22-23,26-27H,1H2,2H3/t22-,23+/m0/s1. The molecule has 2 N–H and O–H groups in total. The van der Waals surface area contributed by atoms with Gasteiger partial charge in [-0.3, -0.25) is 10.1 Å². The molecule has 0 amide bonds. The van der Waals surface area contributed by atoms with Crippen LogP contribution in [-0.2, 0) is 15.1 Å². The molecule has 4 rings (SSSR count). The molecule has 0 aliphatic heterocycles. The molecule has 3 aromatic rings. The van der Waals surface area contributed by atoms with Gasteiger partial charge in [-0.1, -0.05) is 84.9 Å². The van der Waals surface area contributed by atoms with Crippen molar-refractivity contribution in [3.63, 3.8) is 0 Å². The van der Waals surface area contributed by atoms with Gasteiger partial charge in [-0.05, 0) is 27.8 Å². The van der Waals surface area contributed by atoms with Gasteiger partial charge in [0.05, 0.1) is 18.8 Å². The van der Waals surface area contributed by atoms with Gasteiger partial charge in [0, 0.05) is 0 Å². The summed E-state index contributed by atoms with van der Waals surface area (Å²) in [5, 5.41) is 14.0. The second-order valence-electron chi connectivity index (χ2n) is 7.08. The van der Waals surface area contributed by atoms with Crippen LogP contribution in [0.2, 0.25) is 0 Å². The van der Waals surface area contributed by atoms with Gasteiger partial charge in [0.15, 0.2) is 0 Å². The molecule has 0 unspecified atom stereocenters. The number of hydrogen-bond acceptors (Lipinski definition) is 4. The van der Waals surface area contributed by atoms with Crippen molar-refractivity contribution in [2.75, 3.05) is 7.11 Å². The predicted molar refractivity (Wildman–Crippen MR) is 113 cm³/mol. The van der Waals surface area contributed by atoms with E-state index < -0.39 is 23.7 Å². The van der Waals surface area contributed by atoms with Gasteiger partial charge in [-0.15, -0.1) is 6.58 Å². The third-order valence-electron chi connectivity index (χ3n) is 5.57. The molecule has 0 radical (unpaired) electrons. The van der Waals surface area contributed by atoms with Crippen LogP contribution in [0.4, 0.5) is 0 Å². The molecule has 2 atom stereocenters. The smallest absolute Gasteiger partial charge is 0.325 e. The molecule has 0 saturated carbocycles. The van der Waals surface area contributed by atoms with Crippen LogP contribution >= 0.6 is 0 Å². The van der Waals surface area contributed by atoms with Crippen LogP contribution in [0, 0.1) is 0 Å². The molecular weight excluding hydrogens is 362 g/mol. The number of ether oxygens (including phenoxy) is 1. The first kappa shape index (κ1) is 19.1. The molecule has 0 aromatic heterocycles. The summed E-state index contributed by atoms with van der Waals surface area (Å²) in [6.45, 7) is 3.66. The zero-order valence-corrected chi connectivity index (χ0v) is 16.2. The number of carbonyl (C=O) groups is 1. The molecule has 0 fully saturated rings. The molecule has 29 heavy (non-hydrogen) atoms. The maximum absolute atomic E-state index is 12.6. The minimum Gasteiger partial charge on any atom is -0.468 e. The van der Waals surface area contributed by atoms with Gasteiger partial charge in [-0.2, -0.15) is 0 Å². The van der Waals surface area contributed by atoms with E-state index in [4.69, 9.17) is 4.74 Å². The molecule has 4 heteroatoms. The van der Waals surface area contributed by atoms with Gasteiger partial charge < -0.3 is 9.84 Å². The molecule has 1 aliphatic rings. The number of aliphatic hydroxyl groups is 1. The van der Waals surface area contributed by atoms with Gasteiger partial charge >= 0.3 is 5.97 Å². The van der Waals surface area contributed by atoms with E-state index in [1.807, 2.05) is 54.6 Å². The third-order valence-corrected chi connectivity index (χ3v) is 5.57. The largest absolute Gasteiger partial charge is 0.468 e. The van der Waals surface area contributed by atoms with Crippen molar-refractivity contribution in [3.8, 4) is 11.1 Å². The second kappa shape index (κ2) is 7.66. The molecule has 0 spiro atoms. The summed E-state index contributed by atoms with van der Waals surface area (Å²) < 4.78 is 4.99. The van der Waals surface area contributed by atoms with Crippen molar-refractivity contribution < 1.29 is 14.6 Å². The fourth-order valence-corrected chi connectivity index (χ4v) is 4.25. The first-order valence-corrected chi connectivity index (χ1v) is 9.54. The number of fused-ring (bicyclic) bond motifs is 3. The van der Waals surface area contributed by atoms with Gasteiger partial charge in [0.25, 0.3) is 0 Å². The van der Waals surface area contributed by atoms with E-state index in [0.29, 0.717) is 0 Å². The number of benzene rings is 3. The Bertz CT molecular complexity index is 999. The highest BCUT2D eigenvalue weighted by molar-refractivity contribution is 5.84. The Morgan fingerprint density at radius 2 is 1.48 bits per heavy atom. The summed E-state index contributed by atoms with van der Waals surface area (Å²) in [4.78, 5) is 12.6. The number of methoxy groups -OCH3 is 1. The fourth-order valence-electron chi connectivity index (χ4n) is 4.25. The lowest BCUT2D eigenvalue weighted by Gasteiger charge is -2.37. The highest BCUT2D eigenvalue weighted by Gasteiger charge is 2.47. The van der Waals surface area contributed by atoms with E-state index in [0.717, 1.165) is 27.8 Å². The molecule has 0 saturated heterocycles. The Morgan fingerprint density at radius 3 is 2.00 bits per heavy atom. The molecule has 0 heterocycles. The van der Waals surface area contributed by atoms with Crippen molar-refractivity contribution in [1.29, 1.82) is 0 Å². The van der Waals surface area contributed by atoms with E-state index in [2.05, 4.69) is 36.2 Å². The Labute approximate surface area is 170 Å². The zero-order valence-electron chi connectivity index (χ0n) is 16.2. The number of nitrogens with one attached hydrogen (secondary N) is 1. The van der Waals surface area contributed by atoms with Crippen molar-refractivity contribution in [2.45, 2.75) is 17.7 Å². The summed E-state index contributed by atoms with van der Waals surface area (Å²) in [6.07, 6.45) is 0.239. The average molecular weight is 385 g/mol. The minimum atomic E-state index is -1.11. The van der Waals surface area contributed by atoms with Crippen LogP contribution in [0.1, 0.15) is 16.7 Å². The van der Waals surface area contributed by atoms with E-state index >= 15 is 0 Å². The van der Waals surface area contributed by atoms with E-state index in [1.54, 1.807) is 0 Å². The minimum absolute atomic E-state index is 0.547. The Morgan fingerprint density at radius 1 is 0.966 bits per heavy atom. The molecule has 146 valence electrons. The molecule has 4 nitrogen and oxygen atoms in total. The summed E-state index contributed by atoms with van der Waals surface area (Å²) in [5.74, 6) is -0.547. The SMILES string of the molecule is C=C[C@H](O)[C@@H](NC1(c2ccccc2)c2ccccc2-c2ccccc21)C(=O)OC. The first-order chi connectivity index (χ1) is 14.1. The van der Waals surface area contributed by atoms with E-state index in [1.165, 1.54) is 13.2 Å². The fraction of sp³-hybridized carbons (Fsp3) is 0.160. The van der Waals surface area contributed by atoms with Crippen LogP contribution in [0.5, 0.6) is 0 Å². The molecule has 0 bridgehead atoms. The van der Waals surface area contributed by atoms with E-state index in [-0.39, 0.29) is 0 Å². The summed E-state index contributed by atoms with van der Waals surface area (Å²) in [5.41, 5.74) is 4.39. The van der Waals surface area contributed by atoms with Crippen molar-refractivity contribution >= 4 is 5.97 Å². The number of aliphatic hydroxyl groups excluding tert-OH is 1. The lowest BCUT2D eigenvalue weighted by Crippen LogP contribution is -2.56. The summed E-state index contributed by atoms with van der Waals surface area (Å²) in [7, 11) is 1.32. The van der Waals surface area contributed by atoms with Gasteiger partial charge in [0.2, 0.25) is 0 Å². The van der Waals surface area contributed by atoms with Crippen molar-refractivity contribution in [2.24, 2.45) is 0 Å². The van der Waals surface area contributed by atoms with Gasteiger partial charge in [0.1, 0.15) is 6.04 Å². The lowest BCUT2D eigenvalue weighted by atomic mass is 9.79. The number of rotatable bonds is 6. The Hall–Kier alpha value is -3.21. The van der Waals surface area contributed by atoms with Crippen molar-refractivity contribution in [1.82, 2.24) is 5.32 Å². The topological polar surface area (TPSA) is 58.6 Å². The highest BCUT2D eigenvalue weighted by Crippen LogP contribution is 2.51. The second-order valence-corrected chi connectivity index (χ2v) is 7.08. The summed E-state index contributed by atoms with van der Waals surface area (Å²) >= 11 is 0. The quantitative estimate of drug-likeness (QED) is 0.502. The maximum Gasteiger partial charge on any atom is 0.325 e. The number of hydrogen-bond donors (Lipinski definition) is 2. The maximum atomic E-state index is 12.6. The van der Waals surface area contributed by atoms with Crippen molar-refractivity contribution in [3.05, 3.63) is 108 Å². The monoisotopic (exact) mass is 385 g/mol. The normalized spacial score (nSPS) is 15.7. The Balaban J connectivity index is 2.01. The zero-order chi connectivity index (χ0) is 20.4. The van der Waals surface area contributed by atoms with Crippen LogP contribution in [0.15, 0.2) is 91.5 Å². The van der Waals surface area contributed by atoms with Crippen LogP contribution in [-0.4, -0.2) is 30.3 Å². The Kier molecular flexibility index (Phi) is 5.05. The first-order valence-electron chi connectivity index (χ1n) is 9.54. The molecule has 3 aromatic carbocycles. The number of esters is 1. The highest BCUT2D eigenvalue weighted by atomic mass is 16.5. The van der Waals surface area contributed by atoms with Gasteiger partial charge in [-0.25, -0.2) is 0 Å². The third kappa shape index (κ3) is 2.97. The molecule has 1 aliphatic carbocycles. The average Bonchev–Trinajstić information content (AvgIpc) is 3.08. The van der Waals surface area contributed by atoms with E-state index in [9.17, 15) is 9.90 Å². The lowest BCUT2D eigenvalue weighted by molar-refractivity contribution is -0.145. The molecular formula is C25H23NO3. The van der Waals surface area contributed by atoms with Crippen LogP contribution < -0.4 is 5.32 Å².